The fourth-order valence-electron chi connectivity index (χ4n) is 2.37. The largest absolute Gasteiger partial charge is 0.446 e. The van der Waals surface area contributed by atoms with E-state index in [1.54, 1.807) is 18.7 Å². The van der Waals surface area contributed by atoms with Crippen LogP contribution in [0.3, 0.4) is 0 Å². The van der Waals surface area contributed by atoms with E-state index >= 15 is 0 Å². The third kappa shape index (κ3) is 5.36. The zero-order chi connectivity index (χ0) is 14.8. The number of amides is 1. The number of cyclic esters (lactones) is 1. The first kappa shape index (κ1) is 16.2. The van der Waals surface area contributed by atoms with Crippen molar-refractivity contribution in [3.63, 3.8) is 0 Å². The highest BCUT2D eigenvalue weighted by atomic mass is 32.2. The molecule has 7 heteroatoms. The smallest absolute Gasteiger partial charge is 0.410 e. The van der Waals surface area contributed by atoms with E-state index in [4.69, 9.17) is 4.74 Å². The van der Waals surface area contributed by atoms with E-state index in [0.29, 0.717) is 13.0 Å². The van der Waals surface area contributed by atoms with Gasteiger partial charge in [-0.25, -0.2) is 17.9 Å². The van der Waals surface area contributed by atoms with Crippen LogP contribution >= 0.6 is 0 Å². The Bertz CT molecular complexity index is 431. The van der Waals surface area contributed by atoms with Gasteiger partial charge >= 0.3 is 6.09 Å². The van der Waals surface area contributed by atoms with Crippen LogP contribution in [0.4, 0.5) is 4.79 Å². The van der Waals surface area contributed by atoms with Gasteiger partial charge in [0.05, 0.1) is 6.26 Å². The summed E-state index contributed by atoms with van der Waals surface area (Å²) in [5.74, 6) is 0. The van der Waals surface area contributed by atoms with Gasteiger partial charge in [0.25, 0.3) is 0 Å². The molecule has 1 saturated heterocycles. The minimum absolute atomic E-state index is 0.121. The molecule has 0 saturated carbocycles. The summed E-state index contributed by atoms with van der Waals surface area (Å²) >= 11 is 0. The lowest BCUT2D eigenvalue weighted by Gasteiger charge is -2.37. The first-order valence-corrected chi connectivity index (χ1v) is 8.35. The van der Waals surface area contributed by atoms with Crippen LogP contribution in [0.25, 0.3) is 0 Å². The van der Waals surface area contributed by atoms with Gasteiger partial charge in [-0.1, -0.05) is 0 Å². The van der Waals surface area contributed by atoms with E-state index in [1.807, 2.05) is 13.8 Å². The summed E-state index contributed by atoms with van der Waals surface area (Å²) in [6.07, 6.45) is 1.76. The molecule has 1 amide bonds. The summed E-state index contributed by atoms with van der Waals surface area (Å²) in [5.41, 5.74) is -0.626. The summed E-state index contributed by atoms with van der Waals surface area (Å²) in [6, 6.07) is 0.121. The lowest BCUT2D eigenvalue weighted by molar-refractivity contribution is 0.00474. The maximum absolute atomic E-state index is 11.8. The van der Waals surface area contributed by atoms with Gasteiger partial charge < -0.3 is 9.64 Å². The number of nitrogens with one attached hydrogen (secondary N) is 1. The molecular weight excluding hydrogens is 268 g/mol. The predicted molar refractivity (Wildman–Crippen MR) is 73.4 cm³/mol. The number of hydrogen-bond donors (Lipinski definition) is 1. The van der Waals surface area contributed by atoms with Crippen molar-refractivity contribution in [2.45, 2.75) is 58.2 Å². The van der Waals surface area contributed by atoms with Crippen molar-refractivity contribution in [2.75, 3.05) is 12.8 Å². The molecule has 0 aliphatic carbocycles. The maximum atomic E-state index is 11.8. The van der Waals surface area contributed by atoms with Gasteiger partial charge in [0.1, 0.15) is 6.10 Å². The number of carbonyl (C=O) groups excluding carboxylic acids is 1. The Hall–Kier alpha value is -0.820. The molecule has 0 bridgehead atoms. The van der Waals surface area contributed by atoms with Gasteiger partial charge in [0.15, 0.2) is 0 Å². The van der Waals surface area contributed by atoms with E-state index in [9.17, 15) is 13.2 Å². The Morgan fingerprint density at radius 3 is 2.47 bits per heavy atom. The van der Waals surface area contributed by atoms with Crippen LogP contribution in [0.5, 0.6) is 0 Å². The molecule has 1 N–H and O–H groups in total. The first-order chi connectivity index (χ1) is 8.50. The van der Waals surface area contributed by atoms with Crippen LogP contribution in [0, 0.1) is 0 Å². The summed E-state index contributed by atoms with van der Waals surface area (Å²) in [7, 11) is -3.27. The summed E-state index contributed by atoms with van der Waals surface area (Å²) < 4.78 is 30.5. The second-order valence-electron chi connectivity index (χ2n) is 6.04. The van der Waals surface area contributed by atoms with Crippen molar-refractivity contribution in [2.24, 2.45) is 0 Å². The number of ether oxygens (including phenoxy) is 1. The maximum Gasteiger partial charge on any atom is 0.410 e. The second kappa shape index (κ2) is 5.66. The molecule has 1 aliphatic rings. The van der Waals surface area contributed by atoms with Gasteiger partial charge in [-0.05, 0) is 27.7 Å². The Balaban J connectivity index is 2.58. The summed E-state index contributed by atoms with van der Waals surface area (Å²) in [6.45, 7) is 8.11. The van der Waals surface area contributed by atoms with E-state index in [0.717, 1.165) is 12.7 Å². The quantitative estimate of drug-likeness (QED) is 0.829. The highest BCUT2D eigenvalue weighted by Gasteiger charge is 2.33. The van der Waals surface area contributed by atoms with Crippen LogP contribution in [0.15, 0.2) is 0 Å². The molecule has 1 rings (SSSR count). The SMILES string of the molecule is CC(C)N1CCC(CC(C)(C)NS(C)(=O)=O)OC1=O. The number of nitrogens with zero attached hydrogens (tertiary/aromatic N) is 1. The van der Waals surface area contributed by atoms with Gasteiger partial charge in [-0.2, -0.15) is 0 Å². The molecule has 1 heterocycles. The van der Waals surface area contributed by atoms with Gasteiger partial charge in [-0.3, -0.25) is 0 Å². The number of hydrogen-bond acceptors (Lipinski definition) is 4. The van der Waals surface area contributed by atoms with Crippen LogP contribution in [-0.4, -0.2) is 49.9 Å². The lowest BCUT2D eigenvalue weighted by atomic mass is 9.95. The highest BCUT2D eigenvalue weighted by Crippen LogP contribution is 2.22. The molecular formula is C12H24N2O4S. The Kier molecular flexibility index (Phi) is 4.84. The van der Waals surface area contributed by atoms with Crippen LogP contribution < -0.4 is 4.72 Å². The molecule has 0 aromatic carbocycles. The van der Waals surface area contributed by atoms with Crippen molar-refractivity contribution >= 4 is 16.1 Å². The average Bonchev–Trinajstić information content (AvgIpc) is 2.11. The molecule has 19 heavy (non-hydrogen) atoms. The van der Waals surface area contributed by atoms with Crippen LogP contribution in [-0.2, 0) is 14.8 Å². The number of carbonyl (C=O) groups is 1. The predicted octanol–water partition coefficient (Wildman–Crippen LogP) is 1.32. The minimum atomic E-state index is -3.27. The van der Waals surface area contributed by atoms with Crippen LogP contribution in [0.1, 0.15) is 40.5 Å². The normalized spacial score (nSPS) is 21.7. The van der Waals surface area contributed by atoms with E-state index in [1.165, 1.54) is 0 Å². The highest BCUT2D eigenvalue weighted by molar-refractivity contribution is 7.88. The second-order valence-corrected chi connectivity index (χ2v) is 7.79. The molecule has 6 nitrogen and oxygen atoms in total. The fraction of sp³-hybridized carbons (Fsp3) is 0.917. The van der Waals surface area contributed by atoms with Gasteiger partial charge in [0, 0.05) is 31.0 Å². The molecule has 0 radical (unpaired) electrons. The first-order valence-electron chi connectivity index (χ1n) is 6.46. The Labute approximate surface area is 115 Å². The lowest BCUT2D eigenvalue weighted by Crippen LogP contribution is -2.50. The molecule has 0 spiro atoms. The van der Waals surface area contributed by atoms with Crippen molar-refractivity contribution in [3.05, 3.63) is 0 Å². The third-order valence-corrected chi connectivity index (χ3v) is 3.94. The summed E-state index contributed by atoms with van der Waals surface area (Å²) in [5, 5.41) is 0. The zero-order valence-corrected chi connectivity index (χ0v) is 13.1. The Morgan fingerprint density at radius 2 is 2.05 bits per heavy atom. The van der Waals surface area contributed by atoms with Crippen molar-refractivity contribution in [1.82, 2.24) is 9.62 Å². The molecule has 1 atom stereocenters. The van der Waals surface area contributed by atoms with E-state index in [2.05, 4.69) is 4.72 Å². The number of rotatable bonds is 5. The standard InChI is InChI=1S/C12H24N2O4S/c1-9(2)14-7-6-10(18-11(14)15)8-12(3,4)13-19(5,16)17/h9-10,13H,6-8H2,1-5H3. The fourth-order valence-corrected chi connectivity index (χ4v) is 3.46. The topological polar surface area (TPSA) is 75.7 Å². The zero-order valence-electron chi connectivity index (χ0n) is 12.3. The monoisotopic (exact) mass is 292 g/mol. The third-order valence-electron chi connectivity index (χ3n) is 3.02. The molecule has 1 fully saturated rings. The molecule has 0 aromatic rings. The minimum Gasteiger partial charge on any atom is -0.446 e. The molecule has 1 unspecified atom stereocenters. The van der Waals surface area contributed by atoms with E-state index < -0.39 is 15.6 Å². The Morgan fingerprint density at radius 1 is 1.47 bits per heavy atom. The average molecular weight is 292 g/mol. The van der Waals surface area contributed by atoms with Crippen molar-refractivity contribution in [3.8, 4) is 0 Å². The van der Waals surface area contributed by atoms with Crippen LogP contribution in [0.2, 0.25) is 0 Å². The van der Waals surface area contributed by atoms with E-state index in [-0.39, 0.29) is 18.2 Å². The molecule has 112 valence electrons. The van der Waals surface area contributed by atoms with Gasteiger partial charge in [0.2, 0.25) is 10.0 Å². The summed E-state index contributed by atoms with van der Waals surface area (Å²) in [4.78, 5) is 13.5. The van der Waals surface area contributed by atoms with Crippen molar-refractivity contribution < 1.29 is 17.9 Å². The molecule has 0 aromatic heterocycles. The number of sulfonamides is 1. The van der Waals surface area contributed by atoms with Crippen molar-refractivity contribution in [1.29, 1.82) is 0 Å². The van der Waals surface area contributed by atoms with Gasteiger partial charge in [-0.15, -0.1) is 0 Å². The molecule has 1 aliphatic heterocycles.